The zero-order valence-electron chi connectivity index (χ0n) is 15.6. The average Bonchev–Trinajstić information content (AvgIpc) is 2.56. The van der Waals surface area contributed by atoms with Gasteiger partial charge in [-0.3, -0.25) is 19.2 Å². The summed E-state index contributed by atoms with van der Waals surface area (Å²) in [5.41, 5.74) is 0. The summed E-state index contributed by atoms with van der Waals surface area (Å²) in [6.07, 6.45) is 3.33. The number of Topliss-reactive ketones (excluding diaryl/α,β-unsaturated/α-hetero) is 5. The van der Waals surface area contributed by atoms with E-state index in [4.69, 9.17) is 0 Å². The van der Waals surface area contributed by atoms with Gasteiger partial charge in [0.05, 0.1) is 0 Å². The highest BCUT2D eigenvalue weighted by Gasteiger charge is 2.32. The topological polar surface area (TPSA) is 85.3 Å². The maximum atomic E-state index is 12.2. The van der Waals surface area contributed by atoms with Crippen molar-refractivity contribution in [2.24, 2.45) is 17.8 Å². The van der Waals surface area contributed by atoms with Gasteiger partial charge in [-0.2, -0.15) is 0 Å². The van der Waals surface area contributed by atoms with Crippen LogP contribution in [0.15, 0.2) is 0 Å². The lowest BCUT2D eigenvalue weighted by molar-refractivity contribution is -0.132. The summed E-state index contributed by atoms with van der Waals surface area (Å²) < 4.78 is 0. The summed E-state index contributed by atoms with van der Waals surface area (Å²) >= 11 is 0. The van der Waals surface area contributed by atoms with Gasteiger partial charge in [0.2, 0.25) is 0 Å². The second kappa shape index (κ2) is 10.4. The monoisotopic (exact) mass is 350 g/mol. The summed E-state index contributed by atoms with van der Waals surface area (Å²) in [5, 5.41) is 0. The molecule has 5 nitrogen and oxygen atoms in total. The zero-order chi connectivity index (χ0) is 19.0. The third-order valence-corrected chi connectivity index (χ3v) is 5.05. The van der Waals surface area contributed by atoms with Crippen molar-refractivity contribution in [3.8, 4) is 0 Å². The molecule has 0 N–H and O–H groups in total. The van der Waals surface area contributed by atoms with Crippen molar-refractivity contribution in [1.29, 1.82) is 0 Å². The van der Waals surface area contributed by atoms with Gasteiger partial charge in [0.25, 0.3) is 0 Å². The lowest BCUT2D eigenvalue weighted by Gasteiger charge is -2.28. The molecule has 3 atom stereocenters. The van der Waals surface area contributed by atoms with Crippen LogP contribution in [0.1, 0.15) is 78.6 Å². The van der Waals surface area contributed by atoms with E-state index >= 15 is 0 Å². The summed E-state index contributed by atoms with van der Waals surface area (Å²) in [6.45, 7) is 5.09. The molecular weight excluding hydrogens is 320 g/mol. The molecule has 1 aliphatic carbocycles. The molecule has 1 saturated carbocycles. The van der Waals surface area contributed by atoms with Crippen molar-refractivity contribution in [1.82, 2.24) is 0 Å². The van der Waals surface area contributed by atoms with E-state index in [9.17, 15) is 24.0 Å². The molecule has 0 radical (unpaired) electrons. The van der Waals surface area contributed by atoms with Crippen molar-refractivity contribution in [2.75, 3.05) is 0 Å². The molecule has 3 unspecified atom stereocenters. The first-order valence-electron chi connectivity index (χ1n) is 9.31. The third-order valence-electron chi connectivity index (χ3n) is 5.05. The van der Waals surface area contributed by atoms with Gasteiger partial charge in [-0.25, -0.2) is 0 Å². The first kappa shape index (κ1) is 21.4. The van der Waals surface area contributed by atoms with Crippen LogP contribution >= 0.6 is 0 Å². The molecule has 0 spiro atoms. The highest BCUT2D eigenvalue weighted by atomic mass is 16.1. The van der Waals surface area contributed by atoms with Gasteiger partial charge >= 0.3 is 0 Å². The van der Waals surface area contributed by atoms with Crippen molar-refractivity contribution in [3.63, 3.8) is 0 Å². The predicted octanol–water partition coefficient (Wildman–Crippen LogP) is 3.26. The minimum absolute atomic E-state index is 0.0209. The van der Waals surface area contributed by atoms with Crippen LogP contribution < -0.4 is 0 Å². The number of hydrogen-bond acceptors (Lipinski definition) is 5. The molecule has 0 aliphatic heterocycles. The van der Waals surface area contributed by atoms with Gasteiger partial charge in [-0.05, 0) is 25.7 Å². The fourth-order valence-corrected chi connectivity index (χ4v) is 3.54. The molecule has 1 fully saturated rings. The highest BCUT2D eigenvalue weighted by Crippen LogP contribution is 2.32. The fourth-order valence-electron chi connectivity index (χ4n) is 3.54. The normalized spacial score (nSPS) is 21.6. The average molecular weight is 350 g/mol. The Morgan fingerprint density at radius 3 is 2.28 bits per heavy atom. The van der Waals surface area contributed by atoms with E-state index in [0.29, 0.717) is 32.1 Å². The molecule has 0 aromatic carbocycles. The van der Waals surface area contributed by atoms with Crippen LogP contribution in [-0.4, -0.2) is 28.9 Å². The largest absolute Gasteiger partial charge is 0.300 e. The van der Waals surface area contributed by atoms with Crippen LogP contribution in [0.3, 0.4) is 0 Å². The van der Waals surface area contributed by atoms with Crippen LogP contribution in [-0.2, 0) is 24.0 Å². The smallest absolute Gasteiger partial charge is 0.136 e. The van der Waals surface area contributed by atoms with E-state index in [1.54, 1.807) is 0 Å². The van der Waals surface area contributed by atoms with Gasteiger partial charge in [0.1, 0.15) is 28.9 Å². The molecule has 0 saturated heterocycles. The van der Waals surface area contributed by atoms with Crippen molar-refractivity contribution in [3.05, 3.63) is 0 Å². The van der Waals surface area contributed by atoms with E-state index in [1.807, 2.05) is 13.8 Å². The Bertz CT molecular complexity index is 534. The molecule has 1 rings (SSSR count). The number of ketones is 5. The Hall–Kier alpha value is -1.65. The molecule has 140 valence electrons. The minimum atomic E-state index is -0.214. The van der Waals surface area contributed by atoms with E-state index < -0.39 is 0 Å². The van der Waals surface area contributed by atoms with E-state index in [0.717, 1.165) is 0 Å². The molecule has 5 heteroatoms. The van der Waals surface area contributed by atoms with Crippen molar-refractivity contribution in [2.45, 2.75) is 78.6 Å². The third kappa shape index (κ3) is 7.84. The van der Waals surface area contributed by atoms with Gasteiger partial charge in [-0.15, -0.1) is 0 Å². The number of hydrogen-bond donors (Lipinski definition) is 0. The van der Waals surface area contributed by atoms with Gasteiger partial charge in [0, 0.05) is 56.8 Å². The molecular formula is C20H30O5. The van der Waals surface area contributed by atoms with Crippen LogP contribution in [0.2, 0.25) is 0 Å². The van der Waals surface area contributed by atoms with Crippen LogP contribution in [0.25, 0.3) is 0 Å². The lowest BCUT2D eigenvalue weighted by atomic mass is 9.74. The predicted molar refractivity (Wildman–Crippen MR) is 94.1 cm³/mol. The summed E-state index contributed by atoms with van der Waals surface area (Å²) in [4.78, 5) is 58.6. The molecule has 0 aromatic heterocycles. The SMILES string of the molecule is CCC(=O)C1CC(=O)CC(CC(C)C(=O)CCC(=O)CCC(C)=O)C1. The van der Waals surface area contributed by atoms with Crippen LogP contribution in [0.4, 0.5) is 0 Å². The summed E-state index contributed by atoms with van der Waals surface area (Å²) in [7, 11) is 0. The Morgan fingerprint density at radius 2 is 1.68 bits per heavy atom. The Kier molecular flexibility index (Phi) is 8.87. The molecule has 0 amide bonds. The molecule has 0 bridgehead atoms. The first-order valence-corrected chi connectivity index (χ1v) is 9.31. The molecule has 25 heavy (non-hydrogen) atoms. The minimum Gasteiger partial charge on any atom is -0.300 e. The molecule has 1 aliphatic rings. The second-order valence-electron chi connectivity index (χ2n) is 7.41. The number of rotatable bonds is 11. The Balaban J connectivity index is 2.43. The summed E-state index contributed by atoms with van der Waals surface area (Å²) in [5.74, 6) is -0.138. The molecule has 0 aromatic rings. The van der Waals surface area contributed by atoms with Crippen LogP contribution in [0, 0.1) is 17.8 Å². The van der Waals surface area contributed by atoms with Gasteiger partial charge < -0.3 is 4.79 Å². The highest BCUT2D eigenvalue weighted by molar-refractivity contribution is 5.90. The second-order valence-corrected chi connectivity index (χ2v) is 7.41. The Morgan fingerprint density at radius 1 is 1.04 bits per heavy atom. The van der Waals surface area contributed by atoms with Crippen LogP contribution in [0.5, 0.6) is 0 Å². The van der Waals surface area contributed by atoms with E-state index in [1.165, 1.54) is 6.92 Å². The fraction of sp³-hybridized carbons (Fsp3) is 0.750. The first-order chi connectivity index (χ1) is 11.7. The zero-order valence-corrected chi connectivity index (χ0v) is 15.6. The van der Waals surface area contributed by atoms with E-state index in [2.05, 4.69) is 0 Å². The van der Waals surface area contributed by atoms with Crippen molar-refractivity contribution < 1.29 is 24.0 Å². The lowest BCUT2D eigenvalue weighted by Crippen LogP contribution is -2.30. The summed E-state index contributed by atoms with van der Waals surface area (Å²) in [6, 6.07) is 0. The van der Waals surface area contributed by atoms with Crippen molar-refractivity contribution >= 4 is 28.9 Å². The number of carbonyl (C=O) groups excluding carboxylic acids is 5. The maximum Gasteiger partial charge on any atom is 0.136 e. The van der Waals surface area contributed by atoms with E-state index in [-0.39, 0.29) is 72.4 Å². The maximum absolute atomic E-state index is 12.2. The quantitative estimate of drug-likeness (QED) is 0.571. The molecule has 0 heterocycles. The Labute approximate surface area is 149 Å². The standard InChI is InChI=1S/C20H30O5/c1-4-19(24)16-10-15(11-18(23)12-16)9-13(2)20(25)8-7-17(22)6-5-14(3)21/h13,15-16H,4-12H2,1-3H3. The number of carbonyl (C=O) groups is 5. The van der Waals surface area contributed by atoms with Gasteiger partial charge in [-0.1, -0.05) is 13.8 Å². The van der Waals surface area contributed by atoms with Gasteiger partial charge in [0.15, 0.2) is 0 Å².